The van der Waals surface area contributed by atoms with Gasteiger partial charge < -0.3 is 4.74 Å². The fraction of sp³-hybridized carbons (Fsp3) is 0.200. The number of hydrogen-bond acceptors (Lipinski definition) is 4. The van der Waals surface area contributed by atoms with Crippen LogP contribution in [0.4, 0.5) is 0 Å². The van der Waals surface area contributed by atoms with E-state index in [0.717, 1.165) is 33.4 Å². The molecule has 5 heteroatoms. The van der Waals surface area contributed by atoms with Crippen molar-refractivity contribution in [1.29, 1.82) is 0 Å². The van der Waals surface area contributed by atoms with Gasteiger partial charge in [-0.25, -0.2) is 9.97 Å². The minimum Gasteiger partial charge on any atom is -0.497 e. The van der Waals surface area contributed by atoms with Gasteiger partial charge in [0.15, 0.2) is 0 Å². The first-order chi connectivity index (χ1) is 9.80. The quantitative estimate of drug-likeness (QED) is 0.688. The van der Waals surface area contributed by atoms with Gasteiger partial charge in [-0.15, -0.1) is 11.8 Å². The van der Waals surface area contributed by atoms with E-state index in [9.17, 15) is 0 Å². The molecule has 0 atom stereocenters. The summed E-state index contributed by atoms with van der Waals surface area (Å²) in [4.78, 5) is 9.07. The third kappa shape index (κ3) is 2.49. The molecule has 0 aliphatic rings. The summed E-state index contributed by atoms with van der Waals surface area (Å²) >= 11 is 1.73. The van der Waals surface area contributed by atoms with Crippen LogP contribution >= 0.6 is 11.8 Å². The summed E-state index contributed by atoms with van der Waals surface area (Å²) in [5.74, 6) is 1.84. The lowest BCUT2D eigenvalue weighted by molar-refractivity contribution is 0.415. The van der Waals surface area contributed by atoms with Crippen molar-refractivity contribution in [2.24, 2.45) is 0 Å². The number of ether oxygens (including phenoxy) is 1. The summed E-state index contributed by atoms with van der Waals surface area (Å²) in [5, 5.41) is 1.03. The van der Waals surface area contributed by atoms with Crippen molar-refractivity contribution in [2.75, 3.05) is 12.9 Å². The van der Waals surface area contributed by atoms with Gasteiger partial charge in [0, 0.05) is 17.8 Å². The Kier molecular flexibility index (Phi) is 3.60. The predicted octanol–water partition coefficient (Wildman–Crippen LogP) is 3.52. The van der Waals surface area contributed by atoms with Crippen LogP contribution in [0, 0.1) is 0 Å². The van der Waals surface area contributed by atoms with Crippen LogP contribution in [-0.2, 0) is 0 Å². The molecule has 0 fully saturated rings. The molecule has 2 heterocycles. The second-order valence-electron chi connectivity index (χ2n) is 4.28. The van der Waals surface area contributed by atoms with Crippen LogP contribution in [0.25, 0.3) is 16.9 Å². The number of thioether (sulfide) groups is 1. The van der Waals surface area contributed by atoms with Crippen LogP contribution in [0.3, 0.4) is 0 Å². The van der Waals surface area contributed by atoms with Gasteiger partial charge in [0.1, 0.15) is 22.7 Å². The summed E-state index contributed by atoms with van der Waals surface area (Å²) in [6.45, 7) is 2.12. The Morgan fingerprint density at radius 1 is 1.30 bits per heavy atom. The minimum absolute atomic E-state index is 0.828. The van der Waals surface area contributed by atoms with Gasteiger partial charge in [0.25, 0.3) is 0 Å². The zero-order valence-electron chi connectivity index (χ0n) is 11.4. The molecule has 2 aromatic heterocycles. The average Bonchev–Trinajstić information content (AvgIpc) is 2.89. The number of fused-ring (bicyclic) bond motifs is 1. The molecule has 0 saturated carbocycles. The average molecular weight is 285 g/mol. The molecule has 0 amide bonds. The second-order valence-corrected chi connectivity index (χ2v) is 5.57. The Morgan fingerprint density at radius 2 is 2.20 bits per heavy atom. The van der Waals surface area contributed by atoms with Crippen LogP contribution in [-0.4, -0.2) is 27.2 Å². The zero-order valence-corrected chi connectivity index (χ0v) is 12.2. The summed E-state index contributed by atoms with van der Waals surface area (Å²) in [6, 6.07) is 9.88. The van der Waals surface area contributed by atoms with Crippen LogP contribution in [0.2, 0.25) is 0 Å². The van der Waals surface area contributed by atoms with E-state index >= 15 is 0 Å². The number of rotatable bonds is 4. The lowest BCUT2D eigenvalue weighted by Gasteiger charge is -2.04. The topological polar surface area (TPSA) is 39.4 Å². The molecule has 20 heavy (non-hydrogen) atoms. The van der Waals surface area contributed by atoms with E-state index in [4.69, 9.17) is 4.74 Å². The summed E-state index contributed by atoms with van der Waals surface area (Å²) in [6.07, 6.45) is 3.81. The molecule has 0 aliphatic heterocycles. The van der Waals surface area contributed by atoms with E-state index in [0.29, 0.717) is 0 Å². The number of aromatic nitrogens is 3. The lowest BCUT2D eigenvalue weighted by atomic mass is 10.1. The van der Waals surface area contributed by atoms with Crippen LogP contribution in [0.15, 0.2) is 47.9 Å². The van der Waals surface area contributed by atoms with Gasteiger partial charge >= 0.3 is 0 Å². The molecule has 0 spiro atoms. The number of benzene rings is 1. The van der Waals surface area contributed by atoms with Gasteiger partial charge in [-0.05, 0) is 17.9 Å². The molecule has 0 bridgehead atoms. The Labute approximate surface area is 121 Å². The molecule has 0 unspecified atom stereocenters. The fourth-order valence-electron chi connectivity index (χ4n) is 2.03. The standard InChI is InChI=1S/C15H15N3OS/c1-3-20-15-9-18-10-16-13(8-14(18)17-15)11-5-4-6-12(7-11)19-2/h4-10H,3H2,1-2H3. The van der Waals surface area contributed by atoms with Crippen molar-refractivity contribution in [3.05, 3.63) is 42.9 Å². The van der Waals surface area contributed by atoms with Gasteiger partial charge in [-0.3, -0.25) is 4.40 Å². The highest BCUT2D eigenvalue weighted by molar-refractivity contribution is 7.99. The number of hydrogen-bond donors (Lipinski definition) is 0. The molecule has 0 aliphatic carbocycles. The summed E-state index contributed by atoms with van der Waals surface area (Å²) < 4.78 is 7.19. The van der Waals surface area contributed by atoms with Gasteiger partial charge in [0.05, 0.1) is 12.8 Å². The van der Waals surface area contributed by atoms with E-state index in [1.807, 2.05) is 40.9 Å². The van der Waals surface area contributed by atoms with E-state index < -0.39 is 0 Å². The monoisotopic (exact) mass is 285 g/mol. The van der Waals surface area contributed by atoms with Crippen molar-refractivity contribution < 1.29 is 4.74 Å². The zero-order chi connectivity index (χ0) is 13.9. The maximum absolute atomic E-state index is 5.25. The predicted molar refractivity (Wildman–Crippen MR) is 81.4 cm³/mol. The first-order valence-electron chi connectivity index (χ1n) is 6.42. The summed E-state index contributed by atoms with van der Waals surface area (Å²) in [7, 11) is 1.67. The molecule has 3 aromatic rings. The smallest absolute Gasteiger partial charge is 0.141 e. The Morgan fingerprint density at radius 3 is 3.00 bits per heavy atom. The molecule has 0 radical (unpaired) electrons. The summed E-state index contributed by atoms with van der Waals surface area (Å²) in [5.41, 5.74) is 2.84. The van der Waals surface area contributed by atoms with Crippen molar-refractivity contribution in [2.45, 2.75) is 11.9 Å². The molecule has 0 N–H and O–H groups in total. The van der Waals surface area contributed by atoms with Gasteiger partial charge in [-0.2, -0.15) is 0 Å². The van der Waals surface area contributed by atoms with Crippen molar-refractivity contribution in [3.8, 4) is 17.0 Å². The van der Waals surface area contributed by atoms with Crippen LogP contribution < -0.4 is 4.74 Å². The Balaban J connectivity index is 2.03. The lowest BCUT2D eigenvalue weighted by Crippen LogP contribution is -1.90. The highest BCUT2D eigenvalue weighted by Crippen LogP contribution is 2.24. The van der Waals surface area contributed by atoms with Gasteiger partial charge in [-0.1, -0.05) is 19.1 Å². The SMILES string of the molecule is CCSc1cn2cnc(-c3cccc(OC)c3)cc2n1. The first-order valence-corrected chi connectivity index (χ1v) is 7.40. The van der Waals surface area contributed by atoms with Crippen LogP contribution in [0.1, 0.15) is 6.92 Å². The number of nitrogens with zero attached hydrogens (tertiary/aromatic N) is 3. The third-order valence-corrected chi connectivity index (χ3v) is 3.76. The van der Waals surface area contributed by atoms with Crippen molar-refractivity contribution in [3.63, 3.8) is 0 Å². The molecule has 4 nitrogen and oxygen atoms in total. The highest BCUT2D eigenvalue weighted by Gasteiger charge is 2.06. The van der Waals surface area contributed by atoms with E-state index in [2.05, 4.69) is 16.9 Å². The third-order valence-electron chi connectivity index (χ3n) is 2.98. The molecule has 102 valence electrons. The van der Waals surface area contributed by atoms with E-state index in [1.54, 1.807) is 25.2 Å². The maximum Gasteiger partial charge on any atom is 0.141 e. The molecule has 3 rings (SSSR count). The second kappa shape index (κ2) is 5.54. The van der Waals surface area contributed by atoms with Crippen LogP contribution in [0.5, 0.6) is 5.75 Å². The molecule has 1 aromatic carbocycles. The normalized spacial score (nSPS) is 10.9. The minimum atomic E-state index is 0.828. The van der Waals surface area contributed by atoms with E-state index in [-0.39, 0.29) is 0 Å². The first kappa shape index (κ1) is 13.0. The maximum atomic E-state index is 5.25. The molecular formula is C15H15N3OS. The Hall–Kier alpha value is -2.01. The van der Waals surface area contributed by atoms with Crippen molar-refractivity contribution >= 4 is 17.4 Å². The number of methoxy groups -OCH3 is 1. The van der Waals surface area contributed by atoms with E-state index in [1.165, 1.54) is 0 Å². The van der Waals surface area contributed by atoms with Crippen molar-refractivity contribution in [1.82, 2.24) is 14.4 Å². The highest BCUT2D eigenvalue weighted by atomic mass is 32.2. The fourth-order valence-corrected chi connectivity index (χ4v) is 2.67. The Bertz CT molecular complexity index is 739. The van der Waals surface area contributed by atoms with Gasteiger partial charge in [0.2, 0.25) is 0 Å². The molecule has 0 saturated heterocycles. The molecular weight excluding hydrogens is 270 g/mol. The largest absolute Gasteiger partial charge is 0.497 e. The number of imidazole rings is 1.